The van der Waals surface area contributed by atoms with Crippen LogP contribution in [0.1, 0.15) is 61.5 Å². The number of carbonyl (C=O) groups is 2. The molecule has 0 aliphatic carbocycles. The number of nitrogens with zero attached hydrogens (tertiary/aromatic N) is 2. The van der Waals surface area contributed by atoms with Gasteiger partial charge in [-0.05, 0) is 69.6 Å². The molecule has 0 bridgehead atoms. The summed E-state index contributed by atoms with van der Waals surface area (Å²) in [4.78, 5) is 23.6. The average molecular weight is 469 g/mol. The summed E-state index contributed by atoms with van der Waals surface area (Å²) in [7, 11) is 2.17. The smallest absolute Gasteiger partial charge is 0.254 e. The Morgan fingerprint density at radius 3 is 2.29 bits per heavy atom. The summed E-state index contributed by atoms with van der Waals surface area (Å²) in [5.41, 5.74) is 2.37. The first-order valence-electron chi connectivity index (χ1n) is 11.6. The topological polar surface area (TPSA) is 85.2 Å². The summed E-state index contributed by atoms with van der Waals surface area (Å²) < 4.78 is 13.3. The molecule has 34 heavy (non-hydrogen) atoms. The van der Waals surface area contributed by atoms with Gasteiger partial charge in [-0.3, -0.25) is 4.79 Å². The zero-order valence-electron chi connectivity index (χ0n) is 21.0. The molecule has 0 saturated carbocycles. The summed E-state index contributed by atoms with van der Waals surface area (Å²) in [6.45, 7) is 10.3. The number of nitrogens with one attached hydrogen (secondary N) is 2. The van der Waals surface area contributed by atoms with Crippen molar-refractivity contribution in [3.05, 3.63) is 65.0 Å². The molecule has 1 aliphatic rings. The summed E-state index contributed by atoms with van der Waals surface area (Å²) in [6.07, 6.45) is 4.11. The van der Waals surface area contributed by atoms with E-state index >= 15 is 0 Å². The minimum atomic E-state index is -0.571. The van der Waals surface area contributed by atoms with E-state index in [-0.39, 0.29) is 17.6 Å². The lowest BCUT2D eigenvalue weighted by Crippen LogP contribution is -2.45. The molecule has 1 amide bonds. The van der Waals surface area contributed by atoms with E-state index in [0.717, 1.165) is 31.6 Å². The van der Waals surface area contributed by atoms with Gasteiger partial charge in [-0.25, -0.2) is 4.39 Å². The normalized spacial score (nSPS) is 14.3. The summed E-state index contributed by atoms with van der Waals surface area (Å²) >= 11 is 0. The van der Waals surface area contributed by atoms with Crippen LogP contribution in [0.3, 0.4) is 0 Å². The monoisotopic (exact) mass is 468 g/mol. The first kappa shape index (κ1) is 28.8. The number of nitriles is 1. The molecule has 0 radical (unpaired) electrons. The maximum Gasteiger partial charge on any atom is 0.254 e. The number of benzene rings is 2. The molecule has 0 aromatic heterocycles. The van der Waals surface area contributed by atoms with Crippen LogP contribution in [-0.2, 0) is 4.79 Å². The van der Waals surface area contributed by atoms with E-state index < -0.39 is 11.7 Å². The van der Waals surface area contributed by atoms with E-state index in [1.165, 1.54) is 12.5 Å². The van der Waals surface area contributed by atoms with Gasteiger partial charge in [0.25, 0.3) is 5.91 Å². The minimum absolute atomic E-state index is 0.0353. The van der Waals surface area contributed by atoms with Gasteiger partial charge >= 0.3 is 0 Å². The summed E-state index contributed by atoms with van der Waals surface area (Å²) in [5, 5.41) is 14.6. The molecule has 7 heteroatoms. The fraction of sp³-hybridized carbons (Fsp3) is 0.444. The van der Waals surface area contributed by atoms with E-state index in [1.54, 1.807) is 19.1 Å². The van der Waals surface area contributed by atoms with Gasteiger partial charge in [0.15, 0.2) is 0 Å². The predicted octanol–water partition coefficient (Wildman–Crippen LogP) is 4.93. The molecule has 0 spiro atoms. The van der Waals surface area contributed by atoms with Gasteiger partial charge in [-0.15, -0.1) is 0 Å². The lowest BCUT2D eigenvalue weighted by Gasteiger charge is -2.39. The first-order chi connectivity index (χ1) is 16.2. The van der Waals surface area contributed by atoms with E-state index in [1.807, 2.05) is 24.3 Å². The SMILES string of the molecule is CCC.CN1CCC(C)(Nc2ccc(C#N)cc2)CC1.Cc1cccc(C(=O)NCC=O)c1F. The molecule has 1 aliphatic heterocycles. The number of aryl methyl sites for hydroxylation is 1. The number of amides is 1. The van der Waals surface area contributed by atoms with E-state index in [9.17, 15) is 14.0 Å². The van der Waals surface area contributed by atoms with Gasteiger partial charge < -0.3 is 20.3 Å². The van der Waals surface area contributed by atoms with Gasteiger partial charge in [0.05, 0.1) is 23.7 Å². The first-order valence-corrected chi connectivity index (χ1v) is 11.6. The third-order valence-corrected chi connectivity index (χ3v) is 5.33. The van der Waals surface area contributed by atoms with Gasteiger partial charge in [0, 0.05) is 24.3 Å². The number of hydrogen-bond acceptors (Lipinski definition) is 5. The molecule has 2 aromatic carbocycles. The number of hydrogen-bond donors (Lipinski definition) is 2. The molecule has 0 atom stereocenters. The van der Waals surface area contributed by atoms with Gasteiger partial charge in [-0.1, -0.05) is 32.4 Å². The molecular formula is C27H37FN4O2. The van der Waals surface area contributed by atoms with Crippen LogP contribution >= 0.6 is 0 Å². The largest absolute Gasteiger partial charge is 0.380 e. The van der Waals surface area contributed by atoms with E-state index in [4.69, 9.17) is 5.26 Å². The average Bonchev–Trinajstić information content (AvgIpc) is 2.83. The summed E-state index contributed by atoms with van der Waals surface area (Å²) in [5.74, 6) is -1.12. The highest BCUT2D eigenvalue weighted by Crippen LogP contribution is 2.26. The molecule has 3 rings (SSSR count). The van der Waals surface area contributed by atoms with Crippen molar-refractivity contribution in [3.63, 3.8) is 0 Å². The second-order valence-electron chi connectivity index (χ2n) is 8.70. The molecule has 1 heterocycles. The third kappa shape index (κ3) is 9.72. The van der Waals surface area contributed by atoms with Crippen molar-refractivity contribution < 1.29 is 14.0 Å². The minimum Gasteiger partial charge on any atom is -0.380 e. The molecule has 2 N–H and O–H groups in total. The highest BCUT2D eigenvalue weighted by Gasteiger charge is 2.28. The molecule has 184 valence electrons. The fourth-order valence-electron chi connectivity index (χ4n) is 3.27. The Balaban J connectivity index is 0.000000310. The van der Waals surface area contributed by atoms with Crippen LogP contribution in [0.5, 0.6) is 0 Å². The lowest BCUT2D eigenvalue weighted by molar-refractivity contribution is -0.107. The Morgan fingerprint density at radius 1 is 1.18 bits per heavy atom. The van der Waals surface area contributed by atoms with Crippen molar-refractivity contribution in [1.29, 1.82) is 5.26 Å². The van der Waals surface area contributed by atoms with Crippen molar-refractivity contribution in [2.75, 3.05) is 32.0 Å². The van der Waals surface area contributed by atoms with Crippen LogP contribution in [0.25, 0.3) is 0 Å². The van der Waals surface area contributed by atoms with Crippen LogP contribution in [0, 0.1) is 24.1 Å². The quantitative estimate of drug-likeness (QED) is 0.608. The Bertz CT molecular complexity index is 946. The zero-order chi connectivity index (χ0) is 25.6. The maximum atomic E-state index is 13.3. The second-order valence-corrected chi connectivity index (χ2v) is 8.70. The molecule has 1 saturated heterocycles. The number of likely N-dealkylation sites (tertiary alicyclic amines) is 1. The fourth-order valence-corrected chi connectivity index (χ4v) is 3.27. The van der Waals surface area contributed by atoms with Crippen LogP contribution in [0.2, 0.25) is 0 Å². The van der Waals surface area contributed by atoms with Crippen LogP contribution < -0.4 is 10.6 Å². The van der Waals surface area contributed by atoms with Crippen molar-refractivity contribution in [1.82, 2.24) is 10.2 Å². The second kappa shape index (κ2) is 14.8. The predicted molar refractivity (Wildman–Crippen MR) is 135 cm³/mol. The van der Waals surface area contributed by atoms with E-state index in [0.29, 0.717) is 17.4 Å². The van der Waals surface area contributed by atoms with Crippen molar-refractivity contribution >= 4 is 17.9 Å². The highest BCUT2D eigenvalue weighted by molar-refractivity contribution is 5.95. The number of anilines is 1. The molecule has 1 fully saturated rings. The number of carbonyl (C=O) groups excluding carboxylic acids is 2. The Morgan fingerprint density at radius 2 is 1.76 bits per heavy atom. The number of piperidine rings is 1. The molecular weight excluding hydrogens is 431 g/mol. The Kier molecular flexibility index (Phi) is 12.5. The number of halogens is 1. The van der Waals surface area contributed by atoms with Gasteiger partial charge in [0.1, 0.15) is 12.1 Å². The lowest BCUT2D eigenvalue weighted by atomic mass is 9.89. The highest BCUT2D eigenvalue weighted by atomic mass is 19.1. The number of rotatable bonds is 5. The number of aldehydes is 1. The third-order valence-electron chi connectivity index (χ3n) is 5.33. The summed E-state index contributed by atoms with van der Waals surface area (Å²) in [6, 6.07) is 14.4. The van der Waals surface area contributed by atoms with Crippen molar-refractivity contribution in [2.24, 2.45) is 0 Å². The van der Waals surface area contributed by atoms with Crippen molar-refractivity contribution in [2.45, 2.75) is 52.5 Å². The molecule has 6 nitrogen and oxygen atoms in total. The molecule has 2 aromatic rings. The maximum absolute atomic E-state index is 13.3. The Hall–Kier alpha value is -3.24. The zero-order valence-corrected chi connectivity index (χ0v) is 21.0. The Labute approximate surface area is 203 Å². The van der Waals surface area contributed by atoms with Crippen LogP contribution in [0.4, 0.5) is 10.1 Å². The van der Waals surface area contributed by atoms with Crippen LogP contribution in [0.15, 0.2) is 42.5 Å². The van der Waals surface area contributed by atoms with Gasteiger partial charge in [0.2, 0.25) is 0 Å². The van der Waals surface area contributed by atoms with E-state index in [2.05, 4.69) is 49.4 Å². The van der Waals surface area contributed by atoms with Gasteiger partial charge in [-0.2, -0.15) is 5.26 Å². The molecule has 0 unspecified atom stereocenters. The van der Waals surface area contributed by atoms with Crippen LogP contribution in [-0.4, -0.2) is 49.3 Å². The standard InChI is InChI=1S/C14H19N3.C10H10FNO2.C3H8/c1-14(7-9-17(2)10-8-14)16-13-5-3-12(11-15)4-6-13;1-7-3-2-4-8(9(7)11)10(14)12-5-6-13;1-3-2/h3-6,16H,7-10H2,1-2H3;2-4,6H,5H2,1H3,(H,12,14);3H2,1-2H3. The van der Waals surface area contributed by atoms with Crippen molar-refractivity contribution in [3.8, 4) is 6.07 Å².